The molecule has 10 heteroatoms. The number of carbonyl (C=O) groups is 2. The van der Waals surface area contributed by atoms with Crippen LogP contribution in [0.1, 0.15) is 42.3 Å². The molecule has 0 spiro atoms. The van der Waals surface area contributed by atoms with Gasteiger partial charge in [-0.2, -0.15) is 0 Å². The van der Waals surface area contributed by atoms with Crippen LogP contribution in [0.2, 0.25) is 0 Å². The molecule has 1 N–H and O–H groups in total. The highest BCUT2D eigenvalue weighted by molar-refractivity contribution is 7.80. The number of hydrogen-bond acceptors (Lipinski definition) is 6. The second kappa shape index (κ2) is 9.98. The number of nitro groups is 1. The first-order valence-electron chi connectivity index (χ1n) is 11.6. The van der Waals surface area contributed by atoms with Crippen molar-refractivity contribution in [2.45, 2.75) is 33.6 Å². The van der Waals surface area contributed by atoms with E-state index >= 15 is 0 Å². The third-order valence-electron chi connectivity index (χ3n) is 6.31. The Morgan fingerprint density at radius 1 is 1.08 bits per heavy atom. The zero-order valence-electron chi connectivity index (χ0n) is 21.1. The molecule has 0 bridgehead atoms. The minimum atomic E-state index is -0.606. The van der Waals surface area contributed by atoms with E-state index in [1.807, 2.05) is 12.1 Å². The fourth-order valence-electron chi connectivity index (χ4n) is 4.33. The molecule has 3 aromatic rings. The summed E-state index contributed by atoms with van der Waals surface area (Å²) >= 11 is 5.31. The van der Waals surface area contributed by atoms with E-state index in [1.165, 1.54) is 24.2 Å². The average Bonchev–Trinajstić information content (AvgIpc) is 3.13. The minimum Gasteiger partial charge on any atom is -0.496 e. The summed E-state index contributed by atoms with van der Waals surface area (Å²) < 4.78 is 6.85. The van der Waals surface area contributed by atoms with E-state index in [9.17, 15) is 19.7 Å². The molecule has 37 heavy (non-hydrogen) atoms. The molecule has 0 unspecified atom stereocenters. The molecule has 0 aliphatic carbocycles. The summed E-state index contributed by atoms with van der Waals surface area (Å²) in [5.41, 5.74) is 3.67. The molecule has 1 fully saturated rings. The van der Waals surface area contributed by atoms with Crippen LogP contribution in [0.4, 0.5) is 11.4 Å². The molecule has 2 aromatic carbocycles. The van der Waals surface area contributed by atoms with Gasteiger partial charge in [0.15, 0.2) is 5.11 Å². The van der Waals surface area contributed by atoms with Gasteiger partial charge in [-0.1, -0.05) is 26.0 Å². The fraction of sp³-hybridized carbons (Fsp3) is 0.222. The number of ether oxygens (including phenoxy) is 1. The van der Waals surface area contributed by atoms with Crippen LogP contribution in [0.5, 0.6) is 5.75 Å². The molecule has 0 atom stereocenters. The summed E-state index contributed by atoms with van der Waals surface area (Å²) in [6.45, 7) is 7.71. The molecule has 1 aliphatic heterocycles. The third kappa shape index (κ3) is 4.75. The number of amides is 2. The van der Waals surface area contributed by atoms with Crippen LogP contribution in [0.3, 0.4) is 0 Å². The molecule has 1 saturated heterocycles. The van der Waals surface area contributed by atoms with Gasteiger partial charge in [-0.05, 0) is 79.5 Å². The second-order valence-corrected chi connectivity index (χ2v) is 9.36. The molecule has 2 heterocycles. The molecule has 1 aromatic heterocycles. The van der Waals surface area contributed by atoms with E-state index < -0.39 is 16.7 Å². The summed E-state index contributed by atoms with van der Waals surface area (Å²) in [5, 5.41) is 14.4. The number of nitrogens with zero attached hydrogens (tertiary/aromatic N) is 3. The number of methoxy groups -OCH3 is 1. The lowest BCUT2D eigenvalue weighted by molar-refractivity contribution is -0.384. The van der Waals surface area contributed by atoms with Crippen LogP contribution >= 0.6 is 12.2 Å². The van der Waals surface area contributed by atoms with Crippen molar-refractivity contribution in [3.8, 4) is 11.4 Å². The molecule has 2 amide bonds. The van der Waals surface area contributed by atoms with Gasteiger partial charge in [0, 0.05) is 11.4 Å². The number of thiocarbonyl (C=S) groups is 1. The van der Waals surface area contributed by atoms with Gasteiger partial charge in [0.25, 0.3) is 17.5 Å². The van der Waals surface area contributed by atoms with E-state index in [0.717, 1.165) is 5.56 Å². The van der Waals surface area contributed by atoms with Crippen molar-refractivity contribution in [1.29, 1.82) is 0 Å². The van der Waals surface area contributed by atoms with Gasteiger partial charge in [-0.25, -0.2) is 0 Å². The molecular formula is C27H26N4O5S. The summed E-state index contributed by atoms with van der Waals surface area (Å²) in [5.74, 6) is -0.469. The lowest BCUT2D eigenvalue weighted by Gasteiger charge is -2.29. The SMILES string of the molecule is COc1ccc(-n2c(C)cc(/C=C3\C(=O)NC(=S)N(c4ccc(C(C)C)cc4)C3=O)c2C)c([N+](=O)[O-])c1. The largest absolute Gasteiger partial charge is 0.496 e. The van der Waals surface area contributed by atoms with E-state index in [4.69, 9.17) is 17.0 Å². The van der Waals surface area contributed by atoms with Gasteiger partial charge in [0.2, 0.25) is 0 Å². The predicted octanol–water partition coefficient (Wildman–Crippen LogP) is 4.97. The molecular weight excluding hydrogens is 492 g/mol. The van der Waals surface area contributed by atoms with Crippen molar-refractivity contribution >= 4 is 46.6 Å². The first-order chi connectivity index (χ1) is 17.5. The van der Waals surface area contributed by atoms with Crippen LogP contribution in [-0.2, 0) is 9.59 Å². The number of carbonyl (C=O) groups excluding carboxylic acids is 2. The summed E-state index contributed by atoms with van der Waals surface area (Å²) in [6, 6.07) is 13.8. The van der Waals surface area contributed by atoms with Gasteiger partial charge in [-0.3, -0.25) is 29.9 Å². The maximum absolute atomic E-state index is 13.5. The maximum atomic E-state index is 13.5. The highest BCUT2D eigenvalue weighted by Crippen LogP contribution is 2.32. The van der Waals surface area contributed by atoms with E-state index in [1.54, 1.807) is 48.7 Å². The van der Waals surface area contributed by atoms with Gasteiger partial charge < -0.3 is 9.30 Å². The molecule has 190 valence electrons. The second-order valence-electron chi connectivity index (χ2n) is 8.98. The number of nitro benzene ring substituents is 1. The normalized spacial score (nSPS) is 14.9. The number of anilines is 1. The van der Waals surface area contributed by atoms with Gasteiger partial charge >= 0.3 is 0 Å². The molecule has 0 saturated carbocycles. The van der Waals surface area contributed by atoms with E-state index in [2.05, 4.69) is 19.2 Å². The number of nitrogens with one attached hydrogen (secondary N) is 1. The maximum Gasteiger partial charge on any atom is 0.296 e. The standard InChI is InChI=1S/C27H26N4O5S/c1-15(2)18-6-8-20(9-7-18)30-26(33)22(25(32)28-27(30)37)13-19-12-16(3)29(17(19)4)23-11-10-21(36-5)14-24(23)31(34)35/h6-15H,1-5H3,(H,28,32,37)/b22-13+. The zero-order valence-corrected chi connectivity index (χ0v) is 21.9. The molecule has 9 nitrogen and oxygen atoms in total. The average molecular weight is 519 g/mol. The smallest absolute Gasteiger partial charge is 0.296 e. The fourth-order valence-corrected chi connectivity index (χ4v) is 4.61. The first kappa shape index (κ1) is 25.8. The Hall–Kier alpha value is -4.31. The Kier molecular flexibility index (Phi) is 6.95. The molecule has 1 aliphatic rings. The quantitative estimate of drug-likeness (QED) is 0.162. The van der Waals surface area contributed by atoms with Crippen molar-refractivity contribution in [3.05, 3.63) is 86.7 Å². The monoisotopic (exact) mass is 518 g/mol. The van der Waals surface area contributed by atoms with Crippen LogP contribution < -0.4 is 15.0 Å². The number of benzene rings is 2. The van der Waals surface area contributed by atoms with Crippen molar-refractivity contribution in [3.63, 3.8) is 0 Å². The Balaban J connectivity index is 1.77. The zero-order chi connectivity index (χ0) is 27.0. The van der Waals surface area contributed by atoms with Crippen molar-refractivity contribution < 1.29 is 19.2 Å². The number of aromatic nitrogens is 1. The topological polar surface area (TPSA) is 107 Å². The first-order valence-corrected chi connectivity index (χ1v) is 12.0. The van der Waals surface area contributed by atoms with Crippen molar-refractivity contribution in [2.24, 2.45) is 0 Å². The third-order valence-corrected chi connectivity index (χ3v) is 6.59. The number of hydrogen-bond donors (Lipinski definition) is 1. The van der Waals surface area contributed by atoms with E-state index in [0.29, 0.717) is 40.0 Å². The Morgan fingerprint density at radius 3 is 2.35 bits per heavy atom. The lowest BCUT2D eigenvalue weighted by Crippen LogP contribution is -2.54. The van der Waals surface area contributed by atoms with Crippen LogP contribution in [0.15, 0.2) is 54.1 Å². The highest BCUT2D eigenvalue weighted by atomic mass is 32.1. The molecule has 4 rings (SSSR count). The number of rotatable bonds is 6. The predicted molar refractivity (Wildman–Crippen MR) is 145 cm³/mol. The van der Waals surface area contributed by atoms with E-state index in [-0.39, 0.29) is 16.4 Å². The number of aryl methyl sites for hydroxylation is 1. The Morgan fingerprint density at radius 2 is 1.76 bits per heavy atom. The highest BCUT2D eigenvalue weighted by Gasteiger charge is 2.35. The lowest BCUT2D eigenvalue weighted by atomic mass is 10.0. The van der Waals surface area contributed by atoms with Gasteiger partial charge in [0.05, 0.1) is 23.8 Å². The van der Waals surface area contributed by atoms with Crippen LogP contribution in [-0.4, -0.2) is 33.5 Å². The van der Waals surface area contributed by atoms with Gasteiger partial charge in [-0.15, -0.1) is 0 Å². The van der Waals surface area contributed by atoms with Crippen LogP contribution in [0.25, 0.3) is 11.8 Å². The summed E-state index contributed by atoms with van der Waals surface area (Å²) in [4.78, 5) is 38.8. The minimum absolute atomic E-state index is 0.00350. The van der Waals surface area contributed by atoms with Crippen molar-refractivity contribution in [1.82, 2.24) is 9.88 Å². The summed E-state index contributed by atoms with van der Waals surface area (Å²) in [7, 11) is 1.44. The molecule has 0 radical (unpaired) electrons. The Bertz CT molecular complexity index is 1470. The van der Waals surface area contributed by atoms with Crippen molar-refractivity contribution in [2.75, 3.05) is 12.0 Å². The Labute approximate surface area is 219 Å². The van der Waals surface area contributed by atoms with Crippen LogP contribution in [0, 0.1) is 24.0 Å². The van der Waals surface area contributed by atoms with Gasteiger partial charge in [0.1, 0.15) is 17.0 Å². The summed E-state index contributed by atoms with van der Waals surface area (Å²) in [6.07, 6.45) is 1.49.